The average Bonchev–Trinajstić information content (AvgIpc) is 3.38. The lowest BCUT2D eigenvalue weighted by molar-refractivity contribution is 0.0939. The number of aromatic nitrogens is 5. The monoisotopic (exact) mass is 430 g/mol. The zero-order valence-corrected chi connectivity index (χ0v) is 17.5. The van der Waals surface area contributed by atoms with Crippen molar-refractivity contribution in [1.82, 2.24) is 30.4 Å². The van der Waals surface area contributed by atoms with E-state index in [9.17, 15) is 9.18 Å². The zero-order valence-electron chi connectivity index (χ0n) is 16.7. The minimum absolute atomic E-state index is 0.134. The van der Waals surface area contributed by atoms with Crippen molar-refractivity contribution in [1.29, 1.82) is 0 Å². The van der Waals surface area contributed by atoms with Gasteiger partial charge in [-0.25, -0.2) is 9.02 Å². The molecule has 1 N–H and O–H groups in total. The topological polar surface area (TPSA) is 98.7 Å². The summed E-state index contributed by atoms with van der Waals surface area (Å²) < 4.78 is 19.9. The molecular formula is C20H23FN6O2S. The lowest BCUT2D eigenvalue weighted by Crippen LogP contribution is -2.25. The highest BCUT2D eigenvalue weighted by atomic mass is 32.2. The first-order valence-corrected chi connectivity index (χ1v) is 11.0. The molecule has 0 bridgehead atoms. The number of nitrogens with one attached hydrogen (secondary N) is 1. The van der Waals surface area contributed by atoms with E-state index in [1.54, 1.807) is 30.8 Å². The first-order chi connectivity index (χ1) is 14.6. The van der Waals surface area contributed by atoms with Crippen LogP contribution in [-0.2, 0) is 6.54 Å². The molecule has 1 amide bonds. The third kappa shape index (κ3) is 4.69. The summed E-state index contributed by atoms with van der Waals surface area (Å²) >= 11 is 1.65. The predicted octanol–water partition coefficient (Wildman–Crippen LogP) is 3.70. The van der Waals surface area contributed by atoms with Crippen LogP contribution in [0.4, 0.5) is 4.39 Å². The molecule has 1 aromatic carbocycles. The average molecular weight is 431 g/mol. The van der Waals surface area contributed by atoms with Crippen LogP contribution in [0.1, 0.15) is 54.1 Å². The van der Waals surface area contributed by atoms with Gasteiger partial charge in [-0.1, -0.05) is 36.2 Å². The first-order valence-electron chi connectivity index (χ1n) is 10.0. The maximum Gasteiger partial charge on any atom is 0.275 e. The molecule has 0 unspecified atom stereocenters. The Labute approximate surface area is 177 Å². The van der Waals surface area contributed by atoms with Gasteiger partial charge in [0.1, 0.15) is 11.5 Å². The smallest absolute Gasteiger partial charge is 0.275 e. The molecule has 0 aliphatic heterocycles. The molecule has 0 radical (unpaired) electrons. The number of hydrogen-bond donors (Lipinski definition) is 1. The molecule has 0 saturated heterocycles. The van der Waals surface area contributed by atoms with Gasteiger partial charge in [-0.2, -0.15) is 0 Å². The Hall–Kier alpha value is -2.75. The highest BCUT2D eigenvalue weighted by Crippen LogP contribution is 2.30. The Morgan fingerprint density at radius 1 is 1.20 bits per heavy atom. The van der Waals surface area contributed by atoms with Crippen LogP contribution in [0.15, 0.2) is 34.1 Å². The van der Waals surface area contributed by atoms with Crippen molar-refractivity contribution in [3.63, 3.8) is 0 Å². The summed E-state index contributed by atoms with van der Waals surface area (Å²) in [5.74, 6) is 1.48. The van der Waals surface area contributed by atoms with Crippen molar-refractivity contribution in [2.45, 2.75) is 50.7 Å². The highest BCUT2D eigenvalue weighted by Gasteiger charge is 2.20. The SMILES string of the molecule is Cc1nonc1C(=O)NCc1nnc(SCC2CCCCC2)n1-c1ccc(F)cc1. The second kappa shape index (κ2) is 9.38. The van der Waals surface area contributed by atoms with E-state index in [1.807, 2.05) is 4.57 Å². The molecule has 1 fully saturated rings. The van der Waals surface area contributed by atoms with Crippen LogP contribution in [0.25, 0.3) is 5.69 Å². The third-order valence-electron chi connectivity index (χ3n) is 5.23. The van der Waals surface area contributed by atoms with Crippen LogP contribution < -0.4 is 5.32 Å². The summed E-state index contributed by atoms with van der Waals surface area (Å²) in [4.78, 5) is 12.3. The van der Waals surface area contributed by atoms with Crippen molar-refractivity contribution < 1.29 is 13.8 Å². The molecule has 0 spiro atoms. The molecule has 2 aromatic heterocycles. The maximum atomic E-state index is 13.4. The molecular weight excluding hydrogens is 407 g/mol. The summed E-state index contributed by atoms with van der Waals surface area (Å²) in [6.45, 7) is 1.78. The highest BCUT2D eigenvalue weighted by molar-refractivity contribution is 7.99. The minimum atomic E-state index is -0.404. The van der Waals surface area contributed by atoms with E-state index in [0.29, 0.717) is 17.4 Å². The minimum Gasteiger partial charge on any atom is -0.343 e. The largest absolute Gasteiger partial charge is 0.343 e. The van der Waals surface area contributed by atoms with Crippen molar-refractivity contribution in [3.05, 3.63) is 47.3 Å². The Balaban J connectivity index is 1.53. The summed E-state index contributed by atoms with van der Waals surface area (Å²) in [5.41, 5.74) is 1.29. The normalized spacial score (nSPS) is 14.7. The van der Waals surface area contributed by atoms with Crippen molar-refractivity contribution in [2.24, 2.45) is 5.92 Å². The lowest BCUT2D eigenvalue weighted by Gasteiger charge is -2.20. The maximum absolute atomic E-state index is 13.4. The molecule has 4 rings (SSSR count). The quantitative estimate of drug-likeness (QED) is 0.571. The fourth-order valence-corrected chi connectivity index (χ4v) is 4.74. The van der Waals surface area contributed by atoms with Crippen LogP contribution in [-0.4, -0.2) is 36.7 Å². The van der Waals surface area contributed by atoms with Gasteiger partial charge in [0.15, 0.2) is 16.7 Å². The van der Waals surface area contributed by atoms with E-state index < -0.39 is 5.91 Å². The molecule has 2 heterocycles. The van der Waals surface area contributed by atoms with Gasteiger partial charge in [-0.15, -0.1) is 10.2 Å². The van der Waals surface area contributed by atoms with Gasteiger partial charge in [-0.3, -0.25) is 9.36 Å². The van der Waals surface area contributed by atoms with E-state index >= 15 is 0 Å². The summed E-state index contributed by atoms with van der Waals surface area (Å²) in [6, 6.07) is 6.16. The van der Waals surface area contributed by atoms with Gasteiger partial charge in [0, 0.05) is 11.4 Å². The molecule has 1 aliphatic rings. The molecule has 1 saturated carbocycles. The summed E-state index contributed by atoms with van der Waals surface area (Å²) in [6.07, 6.45) is 6.36. The van der Waals surface area contributed by atoms with E-state index in [4.69, 9.17) is 0 Å². The number of aryl methyl sites for hydroxylation is 1. The number of halogens is 1. The Morgan fingerprint density at radius 3 is 2.67 bits per heavy atom. The van der Waals surface area contributed by atoms with E-state index in [-0.39, 0.29) is 18.1 Å². The van der Waals surface area contributed by atoms with Crippen LogP contribution in [0.2, 0.25) is 0 Å². The third-order valence-corrected chi connectivity index (χ3v) is 6.39. The summed E-state index contributed by atoms with van der Waals surface area (Å²) in [7, 11) is 0. The van der Waals surface area contributed by atoms with Crippen LogP contribution in [0, 0.1) is 18.7 Å². The van der Waals surface area contributed by atoms with E-state index in [0.717, 1.165) is 16.6 Å². The molecule has 8 nitrogen and oxygen atoms in total. The van der Waals surface area contributed by atoms with Crippen molar-refractivity contribution >= 4 is 17.7 Å². The Morgan fingerprint density at radius 2 is 1.97 bits per heavy atom. The zero-order chi connectivity index (χ0) is 20.9. The van der Waals surface area contributed by atoms with E-state index in [2.05, 4.69) is 30.5 Å². The molecule has 1 aliphatic carbocycles. The van der Waals surface area contributed by atoms with Gasteiger partial charge in [0.25, 0.3) is 5.91 Å². The number of benzene rings is 1. The van der Waals surface area contributed by atoms with Crippen LogP contribution in [0.3, 0.4) is 0 Å². The van der Waals surface area contributed by atoms with E-state index in [1.165, 1.54) is 44.2 Å². The van der Waals surface area contributed by atoms with Gasteiger partial charge in [-0.05, 0) is 55.1 Å². The Kier molecular flexibility index (Phi) is 6.41. The molecule has 158 valence electrons. The van der Waals surface area contributed by atoms with Gasteiger partial charge in [0.2, 0.25) is 0 Å². The number of hydrogen-bond acceptors (Lipinski definition) is 7. The molecule has 0 atom stereocenters. The van der Waals surface area contributed by atoms with Crippen molar-refractivity contribution in [2.75, 3.05) is 5.75 Å². The number of thioether (sulfide) groups is 1. The number of amides is 1. The Bertz CT molecular complexity index is 997. The second-order valence-corrected chi connectivity index (χ2v) is 8.39. The van der Waals surface area contributed by atoms with Gasteiger partial charge in [0.05, 0.1) is 6.54 Å². The number of carbonyl (C=O) groups is 1. The van der Waals surface area contributed by atoms with Gasteiger partial charge >= 0.3 is 0 Å². The number of nitrogens with zero attached hydrogens (tertiary/aromatic N) is 5. The number of rotatable bonds is 7. The first kappa shape index (κ1) is 20.5. The number of carbonyl (C=O) groups excluding carboxylic acids is 1. The molecule has 30 heavy (non-hydrogen) atoms. The fraction of sp³-hybridized carbons (Fsp3) is 0.450. The lowest BCUT2D eigenvalue weighted by atomic mass is 9.91. The fourth-order valence-electron chi connectivity index (χ4n) is 3.58. The van der Waals surface area contributed by atoms with Crippen molar-refractivity contribution in [3.8, 4) is 5.69 Å². The van der Waals surface area contributed by atoms with Crippen LogP contribution in [0.5, 0.6) is 0 Å². The molecule has 10 heteroatoms. The van der Waals surface area contributed by atoms with Crippen LogP contribution >= 0.6 is 11.8 Å². The van der Waals surface area contributed by atoms with Gasteiger partial charge < -0.3 is 5.32 Å². The predicted molar refractivity (Wildman–Crippen MR) is 109 cm³/mol. The standard InChI is InChI=1S/C20H23FN6O2S/c1-13-18(26-29-25-13)19(28)22-11-17-23-24-20(30-12-14-5-3-2-4-6-14)27(17)16-9-7-15(21)8-10-16/h7-10,14H,2-6,11-12H2,1H3,(H,22,28). The molecule has 3 aromatic rings. The second-order valence-electron chi connectivity index (χ2n) is 7.41. The summed E-state index contributed by atoms with van der Waals surface area (Å²) in [5, 5.41) is 19.4.